The molecule has 0 unspecified atom stereocenters. The number of benzene rings is 2. The number of aryl methyl sites for hydroxylation is 1. The Balaban J connectivity index is 1.55. The Morgan fingerprint density at radius 2 is 1.90 bits per heavy atom. The van der Waals surface area contributed by atoms with Crippen LogP contribution in [0.15, 0.2) is 65.4 Å². The molecule has 150 valence electrons. The molecule has 29 heavy (non-hydrogen) atoms. The lowest BCUT2D eigenvalue weighted by atomic mass is 10.00. The number of amides is 1. The van der Waals surface area contributed by atoms with Gasteiger partial charge in [-0.15, -0.1) is 0 Å². The van der Waals surface area contributed by atoms with Crippen molar-refractivity contribution in [2.45, 2.75) is 32.4 Å². The van der Waals surface area contributed by atoms with Crippen LogP contribution in [-0.4, -0.2) is 29.9 Å². The fourth-order valence-corrected chi connectivity index (χ4v) is 4.58. The molecule has 1 fully saturated rings. The van der Waals surface area contributed by atoms with E-state index < -0.39 is 0 Å². The molecule has 0 atom stereocenters. The van der Waals surface area contributed by atoms with Crippen LogP contribution in [-0.2, 0) is 6.54 Å². The number of carbonyl (C=O) groups excluding carboxylic acids is 1. The van der Waals surface area contributed by atoms with Gasteiger partial charge in [0.1, 0.15) is 5.82 Å². The van der Waals surface area contributed by atoms with Gasteiger partial charge in [-0.25, -0.2) is 4.39 Å². The first-order valence-electron chi connectivity index (χ1n) is 10.00. The fraction of sp³-hybridized carbons (Fsp3) is 0.292. The molecule has 2 heterocycles. The van der Waals surface area contributed by atoms with Gasteiger partial charge in [0.25, 0.3) is 5.91 Å². The van der Waals surface area contributed by atoms with Gasteiger partial charge in [0, 0.05) is 36.9 Å². The number of hydrogen-bond acceptors (Lipinski definition) is 3. The standard InChI is InChI=1S/C24H25FN2OS/c1-18-7-8-22(15-23(18)25)27(24(28)20-5-3-2-4-6-20)21-9-12-26(13-10-21)16-19-11-14-29-17-19/h2-8,11,14-15,17,21H,9-10,12-13,16H2,1H3. The van der Waals surface area contributed by atoms with Crippen LogP contribution < -0.4 is 4.90 Å². The zero-order valence-corrected chi connectivity index (χ0v) is 17.4. The summed E-state index contributed by atoms with van der Waals surface area (Å²) in [6.45, 7) is 4.54. The third-order valence-corrected chi connectivity index (χ3v) is 6.31. The van der Waals surface area contributed by atoms with Crippen LogP contribution in [0.4, 0.5) is 10.1 Å². The minimum Gasteiger partial charge on any atom is -0.305 e. The summed E-state index contributed by atoms with van der Waals surface area (Å²) in [6, 6.07) is 16.6. The molecule has 3 aromatic rings. The Morgan fingerprint density at radius 3 is 2.55 bits per heavy atom. The van der Waals surface area contributed by atoms with Crippen LogP contribution in [0.25, 0.3) is 0 Å². The summed E-state index contributed by atoms with van der Waals surface area (Å²) in [7, 11) is 0. The van der Waals surface area contributed by atoms with Crippen molar-refractivity contribution in [2.75, 3.05) is 18.0 Å². The van der Waals surface area contributed by atoms with Gasteiger partial charge in [-0.05, 0) is 72.0 Å². The number of likely N-dealkylation sites (tertiary alicyclic amines) is 1. The van der Waals surface area contributed by atoms with E-state index in [1.807, 2.05) is 36.4 Å². The monoisotopic (exact) mass is 408 g/mol. The summed E-state index contributed by atoms with van der Waals surface area (Å²) in [5, 5.41) is 4.29. The average Bonchev–Trinajstić information content (AvgIpc) is 3.26. The molecule has 0 bridgehead atoms. The molecule has 0 aliphatic carbocycles. The fourth-order valence-electron chi connectivity index (χ4n) is 3.92. The van der Waals surface area contributed by atoms with Crippen LogP contribution in [0.3, 0.4) is 0 Å². The van der Waals surface area contributed by atoms with Crippen LogP contribution in [0.5, 0.6) is 0 Å². The van der Waals surface area contributed by atoms with Crippen molar-refractivity contribution in [3.63, 3.8) is 0 Å². The minimum atomic E-state index is -0.275. The van der Waals surface area contributed by atoms with E-state index in [1.54, 1.807) is 29.2 Å². The van der Waals surface area contributed by atoms with Crippen molar-refractivity contribution in [1.82, 2.24) is 4.90 Å². The summed E-state index contributed by atoms with van der Waals surface area (Å²) in [6.07, 6.45) is 1.75. The smallest absolute Gasteiger partial charge is 0.258 e. The van der Waals surface area contributed by atoms with E-state index >= 15 is 0 Å². The van der Waals surface area contributed by atoms with Gasteiger partial charge < -0.3 is 4.90 Å². The third-order valence-electron chi connectivity index (χ3n) is 5.58. The molecular formula is C24H25FN2OS. The van der Waals surface area contributed by atoms with Crippen LogP contribution in [0.1, 0.15) is 34.3 Å². The summed E-state index contributed by atoms with van der Waals surface area (Å²) < 4.78 is 14.3. The Morgan fingerprint density at radius 1 is 1.14 bits per heavy atom. The maximum absolute atomic E-state index is 14.3. The van der Waals surface area contributed by atoms with Gasteiger partial charge in [0.05, 0.1) is 0 Å². The number of piperidine rings is 1. The topological polar surface area (TPSA) is 23.6 Å². The van der Waals surface area contributed by atoms with E-state index in [2.05, 4.69) is 21.7 Å². The molecule has 0 N–H and O–H groups in total. The number of hydrogen-bond donors (Lipinski definition) is 0. The molecule has 0 radical (unpaired) electrons. The number of rotatable bonds is 5. The van der Waals surface area contributed by atoms with E-state index in [-0.39, 0.29) is 17.8 Å². The first kappa shape index (κ1) is 19.8. The molecule has 0 spiro atoms. The van der Waals surface area contributed by atoms with Gasteiger partial charge in [-0.3, -0.25) is 9.69 Å². The largest absolute Gasteiger partial charge is 0.305 e. The maximum Gasteiger partial charge on any atom is 0.258 e. The van der Waals surface area contributed by atoms with Crippen molar-refractivity contribution in [2.24, 2.45) is 0 Å². The third kappa shape index (κ3) is 4.57. The summed E-state index contributed by atoms with van der Waals surface area (Å²) >= 11 is 1.72. The van der Waals surface area contributed by atoms with Crippen LogP contribution in [0.2, 0.25) is 0 Å². The predicted molar refractivity (Wildman–Crippen MR) is 117 cm³/mol. The quantitative estimate of drug-likeness (QED) is 0.556. The lowest BCUT2D eigenvalue weighted by molar-refractivity contribution is 0.0958. The molecule has 1 aromatic heterocycles. The number of halogens is 1. The highest BCUT2D eigenvalue weighted by Crippen LogP contribution is 2.28. The second-order valence-electron chi connectivity index (χ2n) is 7.61. The lowest BCUT2D eigenvalue weighted by Crippen LogP contribution is -2.47. The van der Waals surface area contributed by atoms with Crippen LogP contribution >= 0.6 is 11.3 Å². The molecule has 0 saturated carbocycles. The molecule has 1 saturated heterocycles. The van der Waals surface area contributed by atoms with Gasteiger partial charge in [-0.2, -0.15) is 11.3 Å². The summed E-state index contributed by atoms with van der Waals surface area (Å²) in [5.41, 5.74) is 3.20. The van der Waals surface area contributed by atoms with Gasteiger partial charge in [0.2, 0.25) is 0 Å². The van der Waals surface area contributed by atoms with Gasteiger partial charge in [0.15, 0.2) is 0 Å². The van der Waals surface area contributed by atoms with Gasteiger partial charge in [-0.1, -0.05) is 24.3 Å². The normalized spacial score (nSPS) is 15.4. The van der Waals surface area contributed by atoms with E-state index in [0.717, 1.165) is 32.5 Å². The van der Waals surface area contributed by atoms with Crippen molar-refractivity contribution in [3.05, 3.63) is 87.9 Å². The number of anilines is 1. The first-order chi connectivity index (χ1) is 14.1. The molecular weight excluding hydrogens is 383 g/mol. The Bertz CT molecular complexity index is 950. The van der Waals surface area contributed by atoms with E-state index in [1.165, 1.54) is 11.6 Å². The molecule has 3 nitrogen and oxygen atoms in total. The Kier molecular flexibility index (Phi) is 6.07. The second-order valence-corrected chi connectivity index (χ2v) is 8.39. The molecule has 2 aromatic carbocycles. The average molecular weight is 409 g/mol. The summed E-state index contributed by atoms with van der Waals surface area (Å²) in [4.78, 5) is 17.6. The Hall–Kier alpha value is -2.50. The van der Waals surface area contributed by atoms with Crippen molar-refractivity contribution < 1.29 is 9.18 Å². The highest BCUT2D eigenvalue weighted by atomic mass is 32.1. The van der Waals surface area contributed by atoms with E-state index in [4.69, 9.17) is 0 Å². The molecule has 1 aliphatic heterocycles. The second kappa shape index (κ2) is 8.89. The molecule has 1 aliphatic rings. The van der Waals surface area contributed by atoms with Crippen molar-refractivity contribution in [3.8, 4) is 0 Å². The maximum atomic E-state index is 14.3. The number of nitrogens with zero attached hydrogens (tertiary/aromatic N) is 2. The lowest BCUT2D eigenvalue weighted by Gasteiger charge is -2.38. The van der Waals surface area contributed by atoms with Crippen molar-refractivity contribution >= 4 is 22.9 Å². The number of carbonyl (C=O) groups is 1. The van der Waals surface area contributed by atoms with Crippen LogP contribution in [0, 0.1) is 12.7 Å². The zero-order valence-electron chi connectivity index (χ0n) is 16.6. The molecule has 4 rings (SSSR count). The van der Waals surface area contributed by atoms with Crippen molar-refractivity contribution in [1.29, 1.82) is 0 Å². The van der Waals surface area contributed by atoms with Gasteiger partial charge >= 0.3 is 0 Å². The highest BCUT2D eigenvalue weighted by molar-refractivity contribution is 7.07. The Labute approximate surface area is 175 Å². The number of thiophene rings is 1. The first-order valence-corrected chi connectivity index (χ1v) is 10.9. The highest BCUT2D eigenvalue weighted by Gasteiger charge is 2.30. The van der Waals surface area contributed by atoms with E-state index in [0.29, 0.717) is 16.8 Å². The predicted octanol–water partition coefficient (Wildman–Crippen LogP) is 5.51. The summed E-state index contributed by atoms with van der Waals surface area (Å²) in [5.74, 6) is -0.339. The zero-order chi connectivity index (χ0) is 20.2. The minimum absolute atomic E-state index is 0.0588. The molecule has 1 amide bonds. The molecule has 5 heteroatoms. The van der Waals surface area contributed by atoms with E-state index in [9.17, 15) is 9.18 Å². The SMILES string of the molecule is Cc1ccc(N(C(=O)c2ccccc2)C2CCN(Cc3ccsc3)CC2)cc1F.